The smallest absolute Gasteiger partial charge is 0.314 e. The summed E-state index contributed by atoms with van der Waals surface area (Å²) in [6, 6.07) is 5.69. The molecule has 0 bridgehead atoms. The lowest BCUT2D eigenvalue weighted by Crippen LogP contribution is -2.38. The molecule has 2 heterocycles. The van der Waals surface area contributed by atoms with Crippen LogP contribution in [0.25, 0.3) is 5.65 Å². The Bertz CT molecular complexity index is 569. The SMILES string of the molecule is CCCCN(CCSc1cccc2nccn12)C(N)=O. The van der Waals surface area contributed by atoms with Gasteiger partial charge in [0.2, 0.25) is 0 Å². The zero-order valence-corrected chi connectivity index (χ0v) is 12.5. The maximum Gasteiger partial charge on any atom is 0.314 e. The van der Waals surface area contributed by atoms with Crippen molar-refractivity contribution in [2.24, 2.45) is 5.73 Å². The molecule has 0 saturated heterocycles. The van der Waals surface area contributed by atoms with Gasteiger partial charge in [0.1, 0.15) is 5.65 Å². The second kappa shape index (κ2) is 7.19. The zero-order valence-electron chi connectivity index (χ0n) is 11.7. The van der Waals surface area contributed by atoms with E-state index in [1.54, 1.807) is 22.9 Å². The van der Waals surface area contributed by atoms with Crippen LogP contribution in [0.15, 0.2) is 35.6 Å². The first-order valence-electron chi connectivity index (χ1n) is 6.81. The Morgan fingerprint density at radius 2 is 2.30 bits per heavy atom. The highest BCUT2D eigenvalue weighted by Gasteiger charge is 2.09. The zero-order chi connectivity index (χ0) is 14.4. The van der Waals surface area contributed by atoms with Gasteiger partial charge in [-0.05, 0) is 18.6 Å². The largest absolute Gasteiger partial charge is 0.351 e. The lowest BCUT2D eigenvalue weighted by molar-refractivity contribution is 0.210. The maximum absolute atomic E-state index is 11.3. The number of pyridine rings is 1. The molecule has 2 aromatic rings. The fraction of sp³-hybridized carbons (Fsp3) is 0.429. The average Bonchev–Trinajstić information content (AvgIpc) is 2.91. The highest BCUT2D eigenvalue weighted by molar-refractivity contribution is 7.99. The Balaban J connectivity index is 1.91. The highest BCUT2D eigenvalue weighted by atomic mass is 32.2. The number of aromatic nitrogens is 2. The third-order valence-electron chi connectivity index (χ3n) is 3.10. The van der Waals surface area contributed by atoms with E-state index in [2.05, 4.69) is 18.0 Å². The van der Waals surface area contributed by atoms with Gasteiger partial charge in [-0.15, -0.1) is 11.8 Å². The van der Waals surface area contributed by atoms with Crippen molar-refractivity contribution in [3.8, 4) is 0 Å². The summed E-state index contributed by atoms with van der Waals surface area (Å²) in [4.78, 5) is 17.3. The fourth-order valence-corrected chi connectivity index (χ4v) is 2.97. The number of imidazole rings is 1. The van der Waals surface area contributed by atoms with E-state index in [0.717, 1.165) is 35.8 Å². The molecule has 0 aliphatic heterocycles. The molecule has 2 aromatic heterocycles. The monoisotopic (exact) mass is 292 g/mol. The molecule has 0 aromatic carbocycles. The molecule has 2 rings (SSSR count). The van der Waals surface area contributed by atoms with E-state index in [1.807, 2.05) is 22.7 Å². The Hall–Kier alpha value is -1.69. The number of carbonyl (C=O) groups excluding carboxylic acids is 1. The first kappa shape index (κ1) is 14.7. The minimum absolute atomic E-state index is 0.333. The van der Waals surface area contributed by atoms with E-state index in [4.69, 9.17) is 5.73 Å². The molecule has 0 aliphatic rings. The number of primary amides is 1. The molecule has 108 valence electrons. The van der Waals surface area contributed by atoms with Gasteiger partial charge in [0.15, 0.2) is 0 Å². The minimum atomic E-state index is -0.333. The number of carbonyl (C=O) groups is 1. The summed E-state index contributed by atoms with van der Waals surface area (Å²) in [5.41, 5.74) is 6.33. The summed E-state index contributed by atoms with van der Waals surface area (Å²) in [5.74, 6) is 0.823. The lowest BCUT2D eigenvalue weighted by Gasteiger charge is -2.19. The van der Waals surface area contributed by atoms with Gasteiger partial charge in [0.25, 0.3) is 0 Å². The van der Waals surface area contributed by atoms with E-state index in [0.29, 0.717) is 6.54 Å². The van der Waals surface area contributed by atoms with Crippen LogP contribution in [-0.4, -0.2) is 39.2 Å². The summed E-state index contributed by atoms with van der Waals surface area (Å²) in [6.45, 7) is 3.51. The Kier molecular flexibility index (Phi) is 5.29. The topological polar surface area (TPSA) is 63.6 Å². The van der Waals surface area contributed by atoms with Gasteiger partial charge in [-0.1, -0.05) is 19.4 Å². The summed E-state index contributed by atoms with van der Waals surface area (Å²) in [6.07, 6.45) is 5.78. The standard InChI is InChI=1S/C14H20N4OS/c1-2-3-8-17(14(15)19)10-11-20-13-6-4-5-12-16-7-9-18(12)13/h4-7,9H,2-3,8,10-11H2,1H3,(H2,15,19). The summed E-state index contributed by atoms with van der Waals surface area (Å²) in [5, 5.41) is 1.12. The number of urea groups is 1. The molecule has 0 aliphatic carbocycles. The molecule has 5 nitrogen and oxygen atoms in total. The third-order valence-corrected chi connectivity index (χ3v) is 4.11. The van der Waals surface area contributed by atoms with Crippen molar-refractivity contribution in [1.82, 2.24) is 14.3 Å². The number of hydrogen-bond acceptors (Lipinski definition) is 3. The molecule has 0 saturated carbocycles. The van der Waals surface area contributed by atoms with Crippen molar-refractivity contribution < 1.29 is 4.79 Å². The Morgan fingerprint density at radius 1 is 1.45 bits per heavy atom. The normalized spacial score (nSPS) is 10.8. The van der Waals surface area contributed by atoms with Crippen LogP contribution in [0, 0.1) is 0 Å². The number of rotatable bonds is 7. The quantitative estimate of drug-likeness (QED) is 0.798. The second-order valence-electron chi connectivity index (χ2n) is 4.55. The van der Waals surface area contributed by atoms with E-state index in [9.17, 15) is 4.79 Å². The predicted molar refractivity (Wildman–Crippen MR) is 82.0 cm³/mol. The molecule has 0 atom stereocenters. The van der Waals surface area contributed by atoms with E-state index in [-0.39, 0.29) is 6.03 Å². The van der Waals surface area contributed by atoms with Gasteiger partial charge in [0, 0.05) is 31.2 Å². The lowest BCUT2D eigenvalue weighted by atomic mass is 10.3. The van der Waals surface area contributed by atoms with Gasteiger partial charge in [0.05, 0.1) is 5.03 Å². The summed E-state index contributed by atoms with van der Waals surface area (Å²) in [7, 11) is 0. The van der Waals surface area contributed by atoms with Crippen LogP contribution >= 0.6 is 11.8 Å². The number of amides is 2. The van der Waals surface area contributed by atoms with Gasteiger partial charge in [-0.25, -0.2) is 9.78 Å². The minimum Gasteiger partial charge on any atom is -0.351 e. The van der Waals surface area contributed by atoms with E-state index >= 15 is 0 Å². The van der Waals surface area contributed by atoms with Crippen molar-refractivity contribution in [2.75, 3.05) is 18.8 Å². The van der Waals surface area contributed by atoms with E-state index < -0.39 is 0 Å². The Morgan fingerprint density at radius 3 is 3.05 bits per heavy atom. The molecule has 20 heavy (non-hydrogen) atoms. The van der Waals surface area contributed by atoms with Crippen LogP contribution < -0.4 is 5.73 Å². The number of nitrogens with zero attached hydrogens (tertiary/aromatic N) is 3. The highest BCUT2D eigenvalue weighted by Crippen LogP contribution is 2.19. The van der Waals surface area contributed by atoms with Crippen LogP contribution in [0.4, 0.5) is 4.79 Å². The van der Waals surface area contributed by atoms with Crippen molar-refractivity contribution in [2.45, 2.75) is 24.8 Å². The molecule has 6 heteroatoms. The van der Waals surface area contributed by atoms with Crippen LogP contribution in [-0.2, 0) is 0 Å². The molecule has 0 fully saturated rings. The maximum atomic E-state index is 11.3. The van der Waals surface area contributed by atoms with Crippen molar-refractivity contribution >= 4 is 23.4 Å². The first-order valence-corrected chi connectivity index (χ1v) is 7.80. The Labute approximate surface area is 123 Å². The van der Waals surface area contributed by atoms with Crippen molar-refractivity contribution in [3.63, 3.8) is 0 Å². The van der Waals surface area contributed by atoms with Crippen molar-refractivity contribution in [3.05, 3.63) is 30.6 Å². The molecule has 2 N–H and O–H groups in total. The van der Waals surface area contributed by atoms with E-state index in [1.165, 1.54) is 0 Å². The number of thioether (sulfide) groups is 1. The number of unbranched alkanes of at least 4 members (excludes halogenated alkanes) is 1. The van der Waals surface area contributed by atoms with Crippen LogP contribution in [0.3, 0.4) is 0 Å². The molecular weight excluding hydrogens is 272 g/mol. The molecule has 2 amide bonds. The number of nitrogens with two attached hydrogens (primary N) is 1. The molecule has 0 unspecified atom stereocenters. The average molecular weight is 292 g/mol. The summed E-state index contributed by atoms with van der Waals surface area (Å²) < 4.78 is 2.05. The van der Waals surface area contributed by atoms with Gasteiger partial charge in [-0.2, -0.15) is 0 Å². The number of fused-ring (bicyclic) bond motifs is 1. The van der Waals surface area contributed by atoms with Crippen LogP contribution in [0.2, 0.25) is 0 Å². The molecule has 0 spiro atoms. The van der Waals surface area contributed by atoms with Gasteiger partial charge in [-0.3, -0.25) is 4.40 Å². The van der Waals surface area contributed by atoms with Gasteiger partial charge < -0.3 is 10.6 Å². The third kappa shape index (κ3) is 3.66. The number of hydrogen-bond donors (Lipinski definition) is 1. The van der Waals surface area contributed by atoms with Crippen molar-refractivity contribution in [1.29, 1.82) is 0 Å². The van der Waals surface area contributed by atoms with Gasteiger partial charge >= 0.3 is 6.03 Å². The summed E-state index contributed by atoms with van der Waals surface area (Å²) >= 11 is 1.71. The molecular formula is C14H20N4OS. The fourth-order valence-electron chi connectivity index (χ4n) is 1.98. The van der Waals surface area contributed by atoms with Crippen LogP contribution in [0.1, 0.15) is 19.8 Å². The first-order chi connectivity index (χ1) is 9.72. The van der Waals surface area contributed by atoms with Crippen LogP contribution in [0.5, 0.6) is 0 Å². The predicted octanol–water partition coefficient (Wildman–Crippen LogP) is 2.61. The second-order valence-corrected chi connectivity index (χ2v) is 5.66. The molecule has 0 radical (unpaired) electrons.